The number of nitrogens with one attached hydrogen (secondary N) is 1. The van der Waals surface area contributed by atoms with E-state index >= 15 is 0 Å². The molecule has 2 N–H and O–H groups in total. The predicted octanol–water partition coefficient (Wildman–Crippen LogP) is 2.78. The van der Waals surface area contributed by atoms with Crippen LogP contribution in [0.25, 0.3) is 0 Å². The van der Waals surface area contributed by atoms with Crippen LogP contribution in [0.5, 0.6) is 0 Å². The van der Waals surface area contributed by atoms with Crippen LogP contribution < -0.4 is 10.2 Å². The third kappa shape index (κ3) is 3.59. The standard InChI is InChI=1S/C16H18N2O2/c1-13(20)17-14-6-5-9-16(12-14)18(10-11-19)15-7-3-2-4-8-15/h2-9,12,19H,10-11H2,1H3,(H,17,20). The van der Waals surface area contributed by atoms with E-state index in [-0.39, 0.29) is 12.5 Å². The van der Waals surface area contributed by atoms with Crippen LogP contribution in [0.4, 0.5) is 17.1 Å². The van der Waals surface area contributed by atoms with E-state index in [0.29, 0.717) is 6.54 Å². The number of carbonyl (C=O) groups excluding carboxylic acids is 1. The number of benzene rings is 2. The van der Waals surface area contributed by atoms with Crippen molar-refractivity contribution in [3.05, 3.63) is 54.6 Å². The number of hydrogen-bond acceptors (Lipinski definition) is 3. The molecule has 0 aliphatic carbocycles. The molecule has 104 valence electrons. The molecule has 0 bridgehead atoms. The highest BCUT2D eigenvalue weighted by Gasteiger charge is 2.09. The molecule has 0 atom stereocenters. The van der Waals surface area contributed by atoms with Gasteiger partial charge in [-0.25, -0.2) is 0 Å². The lowest BCUT2D eigenvalue weighted by Gasteiger charge is -2.24. The second-order valence-corrected chi connectivity index (χ2v) is 4.44. The van der Waals surface area contributed by atoms with Gasteiger partial charge in [-0.1, -0.05) is 24.3 Å². The fraction of sp³-hybridized carbons (Fsp3) is 0.188. The summed E-state index contributed by atoms with van der Waals surface area (Å²) in [6, 6.07) is 17.4. The van der Waals surface area contributed by atoms with Crippen molar-refractivity contribution in [1.82, 2.24) is 0 Å². The Bertz CT molecular complexity index is 570. The Labute approximate surface area is 118 Å². The molecule has 0 aromatic heterocycles. The molecule has 0 saturated carbocycles. The first-order chi connectivity index (χ1) is 9.70. The molecule has 4 heteroatoms. The van der Waals surface area contributed by atoms with Crippen molar-refractivity contribution >= 4 is 23.0 Å². The van der Waals surface area contributed by atoms with E-state index in [2.05, 4.69) is 5.32 Å². The summed E-state index contributed by atoms with van der Waals surface area (Å²) in [5.41, 5.74) is 2.67. The molecule has 0 aliphatic rings. The number of amides is 1. The summed E-state index contributed by atoms with van der Waals surface area (Å²) in [7, 11) is 0. The Morgan fingerprint density at radius 2 is 1.80 bits per heavy atom. The van der Waals surface area contributed by atoms with Crippen molar-refractivity contribution in [1.29, 1.82) is 0 Å². The molecular weight excluding hydrogens is 252 g/mol. The maximum absolute atomic E-state index is 11.1. The molecule has 1 amide bonds. The number of hydrogen-bond donors (Lipinski definition) is 2. The van der Waals surface area contributed by atoms with Gasteiger partial charge in [0.15, 0.2) is 0 Å². The topological polar surface area (TPSA) is 52.6 Å². The van der Waals surface area contributed by atoms with Crippen molar-refractivity contribution in [2.45, 2.75) is 6.92 Å². The minimum atomic E-state index is -0.101. The second-order valence-electron chi connectivity index (χ2n) is 4.44. The monoisotopic (exact) mass is 270 g/mol. The van der Waals surface area contributed by atoms with E-state index in [1.807, 2.05) is 59.5 Å². The highest BCUT2D eigenvalue weighted by atomic mass is 16.3. The van der Waals surface area contributed by atoms with Crippen molar-refractivity contribution in [3.63, 3.8) is 0 Å². The number of para-hydroxylation sites is 1. The maximum atomic E-state index is 11.1. The Balaban J connectivity index is 2.32. The van der Waals surface area contributed by atoms with Crippen LogP contribution in [0.3, 0.4) is 0 Å². The number of aliphatic hydroxyl groups is 1. The Morgan fingerprint density at radius 1 is 1.10 bits per heavy atom. The highest BCUT2D eigenvalue weighted by Crippen LogP contribution is 2.26. The Hall–Kier alpha value is -2.33. The van der Waals surface area contributed by atoms with E-state index in [9.17, 15) is 9.90 Å². The van der Waals surface area contributed by atoms with Crippen LogP contribution in [0.1, 0.15) is 6.92 Å². The number of nitrogens with zero attached hydrogens (tertiary/aromatic N) is 1. The van der Waals surface area contributed by atoms with Crippen molar-refractivity contribution in [3.8, 4) is 0 Å². The van der Waals surface area contributed by atoms with Gasteiger partial charge in [0, 0.05) is 30.5 Å². The normalized spacial score (nSPS) is 10.1. The van der Waals surface area contributed by atoms with E-state index in [0.717, 1.165) is 17.1 Å². The summed E-state index contributed by atoms with van der Waals surface area (Å²) in [5, 5.41) is 12.0. The highest BCUT2D eigenvalue weighted by molar-refractivity contribution is 5.89. The molecule has 0 saturated heterocycles. The summed E-state index contributed by atoms with van der Waals surface area (Å²) in [6.07, 6.45) is 0. The van der Waals surface area contributed by atoms with Crippen LogP contribution in [0.15, 0.2) is 54.6 Å². The SMILES string of the molecule is CC(=O)Nc1cccc(N(CCO)c2ccccc2)c1. The molecule has 2 rings (SSSR count). The molecule has 0 unspecified atom stereocenters. The van der Waals surface area contributed by atoms with Gasteiger partial charge in [-0.05, 0) is 30.3 Å². The average Bonchev–Trinajstić information content (AvgIpc) is 2.45. The first-order valence-electron chi connectivity index (χ1n) is 6.52. The van der Waals surface area contributed by atoms with E-state index in [4.69, 9.17) is 0 Å². The van der Waals surface area contributed by atoms with Crippen molar-refractivity contribution < 1.29 is 9.90 Å². The van der Waals surface area contributed by atoms with Crippen LogP contribution in [-0.4, -0.2) is 24.2 Å². The molecule has 0 radical (unpaired) electrons. The third-order valence-electron chi connectivity index (χ3n) is 2.87. The van der Waals surface area contributed by atoms with Crippen molar-refractivity contribution in [2.24, 2.45) is 0 Å². The summed E-state index contributed by atoms with van der Waals surface area (Å²) in [4.78, 5) is 13.1. The van der Waals surface area contributed by atoms with Gasteiger partial charge in [0.05, 0.1) is 6.61 Å². The lowest BCUT2D eigenvalue weighted by Crippen LogP contribution is -2.21. The van der Waals surface area contributed by atoms with E-state index in [1.54, 1.807) is 0 Å². The van der Waals surface area contributed by atoms with Gasteiger partial charge >= 0.3 is 0 Å². The molecule has 0 heterocycles. The minimum absolute atomic E-state index is 0.0548. The fourth-order valence-corrected chi connectivity index (χ4v) is 2.07. The molecule has 2 aromatic rings. The fourth-order valence-electron chi connectivity index (χ4n) is 2.07. The minimum Gasteiger partial charge on any atom is -0.395 e. The average molecular weight is 270 g/mol. The summed E-state index contributed by atoms with van der Waals surface area (Å²) < 4.78 is 0. The zero-order valence-corrected chi connectivity index (χ0v) is 11.4. The zero-order chi connectivity index (χ0) is 14.4. The Kier molecular flexibility index (Phi) is 4.74. The lowest BCUT2D eigenvalue weighted by atomic mass is 10.2. The molecule has 0 spiro atoms. The smallest absolute Gasteiger partial charge is 0.221 e. The molecule has 4 nitrogen and oxygen atoms in total. The Morgan fingerprint density at radius 3 is 2.45 bits per heavy atom. The van der Waals surface area contributed by atoms with Gasteiger partial charge in [0.1, 0.15) is 0 Å². The first kappa shape index (κ1) is 14.1. The number of aliphatic hydroxyl groups excluding tert-OH is 1. The number of anilines is 3. The second kappa shape index (κ2) is 6.73. The van der Waals surface area contributed by atoms with Gasteiger partial charge in [0.25, 0.3) is 0 Å². The quantitative estimate of drug-likeness (QED) is 0.878. The van der Waals surface area contributed by atoms with Crippen LogP contribution in [0.2, 0.25) is 0 Å². The molecular formula is C16H18N2O2. The van der Waals surface area contributed by atoms with Gasteiger partial charge in [0.2, 0.25) is 5.91 Å². The maximum Gasteiger partial charge on any atom is 0.221 e. The molecule has 20 heavy (non-hydrogen) atoms. The van der Waals surface area contributed by atoms with Gasteiger partial charge in [-0.15, -0.1) is 0 Å². The van der Waals surface area contributed by atoms with Gasteiger partial charge < -0.3 is 15.3 Å². The van der Waals surface area contributed by atoms with Gasteiger partial charge in [-0.3, -0.25) is 4.79 Å². The first-order valence-corrected chi connectivity index (χ1v) is 6.52. The van der Waals surface area contributed by atoms with E-state index in [1.165, 1.54) is 6.92 Å². The molecule has 0 fully saturated rings. The zero-order valence-electron chi connectivity index (χ0n) is 11.4. The summed E-state index contributed by atoms with van der Waals surface area (Å²) in [6.45, 7) is 2.03. The van der Waals surface area contributed by atoms with Crippen LogP contribution in [0, 0.1) is 0 Å². The molecule has 2 aromatic carbocycles. The van der Waals surface area contributed by atoms with E-state index < -0.39 is 0 Å². The number of rotatable bonds is 5. The predicted molar refractivity (Wildman–Crippen MR) is 81.3 cm³/mol. The summed E-state index contributed by atoms with van der Waals surface area (Å²) in [5.74, 6) is -0.101. The van der Waals surface area contributed by atoms with Crippen LogP contribution >= 0.6 is 0 Å². The third-order valence-corrected chi connectivity index (χ3v) is 2.87. The van der Waals surface area contributed by atoms with Gasteiger partial charge in [-0.2, -0.15) is 0 Å². The molecule has 0 aliphatic heterocycles. The largest absolute Gasteiger partial charge is 0.395 e. The summed E-state index contributed by atoms with van der Waals surface area (Å²) >= 11 is 0. The van der Waals surface area contributed by atoms with Crippen molar-refractivity contribution in [2.75, 3.05) is 23.4 Å². The lowest BCUT2D eigenvalue weighted by molar-refractivity contribution is -0.114. The van der Waals surface area contributed by atoms with Crippen LogP contribution in [-0.2, 0) is 4.79 Å². The number of carbonyl (C=O) groups is 1.